The van der Waals surface area contributed by atoms with Gasteiger partial charge in [0.1, 0.15) is 0 Å². The van der Waals surface area contributed by atoms with Crippen LogP contribution in [0.2, 0.25) is 0 Å². The zero-order valence-electron chi connectivity index (χ0n) is 16.6. The van der Waals surface area contributed by atoms with Crippen LogP contribution in [0.15, 0.2) is 12.2 Å². The van der Waals surface area contributed by atoms with E-state index in [0.29, 0.717) is 10.9 Å². The predicted octanol–water partition coefficient (Wildman–Crippen LogP) is 0.284. The number of nitrogens with zero attached hydrogens (tertiary/aromatic N) is 2. The van der Waals surface area contributed by atoms with E-state index in [1.165, 1.54) is 0 Å². The molecule has 3 N–H and O–H groups in total. The van der Waals surface area contributed by atoms with Crippen LogP contribution in [0.3, 0.4) is 0 Å². The number of rotatable bonds is 11. The molecule has 0 aliphatic rings. The van der Waals surface area contributed by atoms with Crippen molar-refractivity contribution in [1.29, 1.82) is 0 Å². The van der Waals surface area contributed by atoms with Crippen LogP contribution in [-0.2, 0) is 14.9 Å². The second kappa shape index (κ2) is 11.6. The monoisotopic (exact) mass is 383 g/mol. The van der Waals surface area contributed by atoms with Crippen molar-refractivity contribution in [3.8, 4) is 0 Å². The Hall–Kier alpha value is -1.00. The van der Waals surface area contributed by atoms with Gasteiger partial charge in [-0.15, -0.1) is 0 Å². The van der Waals surface area contributed by atoms with Gasteiger partial charge < -0.3 is 19.4 Å². The quantitative estimate of drug-likeness (QED) is 0.205. The van der Waals surface area contributed by atoms with Crippen LogP contribution < -0.4 is 5.32 Å². The Morgan fingerprint density at radius 2 is 1.64 bits per heavy atom. The second-order valence-electron chi connectivity index (χ2n) is 8.00. The summed E-state index contributed by atoms with van der Waals surface area (Å²) in [5.74, 6) is -0.911. The lowest BCUT2D eigenvalue weighted by molar-refractivity contribution is -0.889. The lowest BCUT2D eigenvalue weighted by atomic mass is 10.3. The number of quaternary nitrogens is 2. The van der Waals surface area contributed by atoms with Gasteiger partial charge in [0, 0.05) is 19.5 Å². The number of carboxylic acids is 1. The number of hydrogen-bond donors (Lipinski definition) is 3. The Bertz CT molecular complexity index is 510. The van der Waals surface area contributed by atoms with Crippen LogP contribution >= 0.6 is 0 Å². The van der Waals surface area contributed by atoms with E-state index in [1.807, 2.05) is 42.2 Å². The molecule has 0 aromatic carbocycles. The first-order valence-electron chi connectivity index (χ1n) is 8.18. The summed E-state index contributed by atoms with van der Waals surface area (Å²) in [7, 11) is 5.80. The Labute approximate surface area is 153 Å². The van der Waals surface area contributed by atoms with Crippen molar-refractivity contribution in [1.82, 2.24) is 5.32 Å². The molecule has 0 saturated heterocycles. The number of carbonyl (C=O) groups is 1. The second-order valence-corrected chi connectivity index (χ2v) is 9.57. The highest BCUT2D eigenvalue weighted by Gasteiger charge is 2.16. The van der Waals surface area contributed by atoms with Crippen molar-refractivity contribution in [3.63, 3.8) is 0 Å². The highest BCUT2D eigenvalue weighted by atomic mass is 32.2. The molecule has 9 heteroatoms. The third-order valence-electron chi connectivity index (χ3n) is 3.10. The van der Waals surface area contributed by atoms with Gasteiger partial charge in [0.25, 0.3) is 10.1 Å². The molecule has 0 aromatic heterocycles. The number of nitrogens with one attached hydrogen (secondary N) is 1. The van der Waals surface area contributed by atoms with E-state index < -0.39 is 16.1 Å². The fraction of sp³-hybridized carbons (Fsp3) is 0.812. The van der Waals surface area contributed by atoms with Crippen molar-refractivity contribution < 1.29 is 31.8 Å². The zero-order chi connectivity index (χ0) is 20.3. The van der Waals surface area contributed by atoms with Gasteiger partial charge in [-0.1, -0.05) is 12.2 Å². The molecular weight excluding hydrogens is 346 g/mol. The molecular formula is C16H37N3O5S+2. The summed E-state index contributed by atoms with van der Waals surface area (Å²) in [6, 6.07) is 0. The third kappa shape index (κ3) is 25.4. The molecule has 0 amide bonds. The first kappa shape index (κ1) is 26.2. The molecule has 0 aliphatic carbocycles. The van der Waals surface area contributed by atoms with Crippen molar-refractivity contribution >= 4 is 16.1 Å². The number of hydrogen-bond acceptors (Lipinski definition) is 4. The number of aliphatic carboxylic acids is 1. The number of carboxylic acid groups (broad SMARTS) is 1. The Kier molecular flexibility index (Phi) is 12.2. The van der Waals surface area contributed by atoms with Gasteiger partial charge in [-0.3, -0.25) is 4.55 Å². The Morgan fingerprint density at radius 1 is 1.12 bits per heavy atom. The fourth-order valence-corrected chi connectivity index (χ4v) is 2.37. The van der Waals surface area contributed by atoms with E-state index >= 15 is 0 Å². The van der Waals surface area contributed by atoms with Crippen LogP contribution in [-0.4, -0.2) is 107 Å². The summed E-state index contributed by atoms with van der Waals surface area (Å²) < 4.78 is 31.0. The molecule has 0 radical (unpaired) electrons. The van der Waals surface area contributed by atoms with Gasteiger partial charge in [0.15, 0.2) is 6.54 Å². The standard InChI is InChI=1S/C11H24N2O3S.C5H11NO2/c1-11(2)10-12-6-8-13(3,4)7-5-9-17(14,15)16;1-6(2,3)4-5(7)8/h12H,1,5-10H2,2-4H3;4H2,1-3H3/p+2. The summed E-state index contributed by atoms with van der Waals surface area (Å²) in [4.78, 5) is 10.00. The Balaban J connectivity index is 0. The van der Waals surface area contributed by atoms with Crippen molar-refractivity contribution in [2.75, 3.05) is 73.7 Å². The molecule has 150 valence electrons. The molecule has 0 fully saturated rings. The SMILES string of the molecule is C=C(C)CNCC[N+](C)(C)CCCS(=O)(=O)O.C[N+](C)(C)CC(=O)O. The molecule has 25 heavy (non-hydrogen) atoms. The van der Waals surface area contributed by atoms with E-state index in [1.54, 1.807) is 0 Å². The maximum Gasteiger partial charge on any atom is 0.359 e. The van der Waals surface area contributed by atoms with Gasteiger partial charge in [-0.25, -0.2) is 4.79 Å². The topological polar surface area (TPSA) is 104 Å². The minimum atomic E-state index is -3.82. The highest BCUT2D eigenvalue weighted by molar-refractivity contribution is 7.85. The summed E-state index contributed by atoms with van der Waals surface area (Å²) in [6.45, 7) is 9.28. The molecule has 0 aromatic rings. The zero-order valence-corrected chi connectivity index (χ0v) is 17.4. The average Bonchev–Trinajstić information content (AvgIpc) is 2.30. The normalized spacial score (nSPS) is 12.3. The smallest absolute Gasteiger partial charge is 0.359 e. The number of likely N-dealkylation sites (N-methyl/N-ethyl adjacent to an activating group) is 2. The van der Waals surface area contributed by atoms with Crippen molar-refractivity contribution in [2.24, 2.45) is 0 Å². The molecule has 0 bridgehead atoms. The maximum absolute atomic E-state index is 10.6. The van der Waals surface area contributed by atoms with Crippen LogP contribution in [0.4, 0.5) is 0 Å². The average molecular weight is 384 g/mol. The van der Waals surface area contributed by atoms with Gasteiger partial charge in [-0.2, -0.15) is 8.42 Å². The molecule has 0 heterocycles. The van der Waals surface area contributed by atoms with Gasteiger partial charge in [-0.05, 0) is 6.92 Å². The molecule has 0 spiro atoms. The maximum atomic E-state index is 10.6. The van der Waals surface area contributed by atoms with Crippen LogP contribution in [0.25, 0.3) is 0 Å². The molecule has 0 atom stereocenters. The molecule has 0 saturated carbocycles. The molecule has 0 unspecified atom stereocenters. The van der Waals surface area contributed by atoms with Crippen LogP contribution in [0, 0.1) is 0 Å². The third-order valence-corrected chi connectivity index (χ3v) is 3.90. The van der Waals surface area contributed by atoms with E-state index in [4.69, 9.17) is 9.66 Å². The minimum Gasteiger partial charge on any atom is -0.477 e. The van der Waals surface area contributed by atoms with E-state index in [9.17, 15) is 13.2 Å². The summed E-state index contributed by atoms with van der Waals surface area (Å²) in [5.41, 5.74) is 1.10. The minimum absolute atomic E-state index is 0.159. The van der Waals surface area contributed by atoms with Gasteiger partial charge >= 0.3 is 5.97 Å². The first-order valence-corrected chi connectivity index (χ1v) is 9.79. The lowest BCUT2D eigenvalue weighted by Crippen LogP contribution is -2.45. The van der Waals surface area contributed by atoms with Crippen molar-refractivity contribution in [3.05, 3.63) is 12.2 Å². The van der Waals surface area contributed by atoms with E-state index in [-0.39, 0.29) is 12.3 Å². The van der Waals surface area contributed by atoms with E-state index in [0.717, 1.165) is 36.2 Å². The molecule has 0 rings (SSSR count). The van der Waals surface area contributed by atoms with Gasteiger partial charge in [0.2, 0.25) is 0 Å². The first-order chi connectivity index (χ1) is 11.0. The van der Waals surface area contributed by atoms with Crippen LogP contribution in [0.5, 0.6) is 0 Å². The predicted molar refractivity (Wildman–Crippen MR) is 101 cm³/mol. The summed E-state index contributed by atoms with van der Waals surface area (Å²) in [5, 5.41) is 11.5. The summed E-state index contributed by atoms with van der Waals surface area (Å²) in [6.07, 6.45) is 0.478. The molecule has 0 aliphatic heterocycles. The van der Waals surface area contributed by atoms with Crippen LogP contribution in [0.1, 0.15) is 13.3 Å². The lowest BCUT2D eigenvalue weighted by Gasteiger charge is -2.29. The van der Waals surface area contributed by atoms with Gasteiger partial charge in [0.05, 0.1) is 54.1 Å². The molecule has 8 nitrogen and oxygen atoms in total. The Morgan fingerprint density at radius 3 is 1.96 bits per heavy atom. The largest absolute Gasteiger partial charge is 0.477 e. The fourth-order valence-electron chi connectivity index (χ4n) is 1.88. The van der Waals surface area contributed by atoms with Crippen molar-refractivity contribution in [2.45, 2.75) is 13.3 Å². The highest BCUT2D eigenvalue weighted by Crippen LogP contribution is 2.00. The van der Waals surface area contributed by atoms with E-state index in [2.05, 4.69) is 11.9 Å². The summed E-state index contributed by atoms with van der Waals surface area (Å²) >= 11 is 0.